The molecule has 1 aromatic carbocycles. The van der Waals surface area contributed by atoms with E-state index in [1.54, 1.807) is 18.2 Å². The highest BCUT2D eigenvalue weighted by Crippen LogP contribution is 2.25. The fraction of sp³-hybridized carbons (Fsp3) is 0.429. The van der Waals surface area contributed by atoms with Gasteiger partial charge in [-0.2, -0.15) is 8.78 Å². The predicted molar refractivity (Wildman–Crippen MR) is 77.6 cm³/mol. The second kappa shape index (κ2) is 7.01. The zero-order chi connectivity index (χ0) is 14.5. The zero-order valence-corrected chi connectivity index (χ0v) is 12.8. The van der Waals surface area contributed by atoms with Crippen LogP contribution in [0, 0.1) is 0 Å². The lowest BCUT2D eigenvalue weighted by Crippen LogP contribution is -2.35. The Kier molecular flexibility index (Phi) is 5.94. The van der Waals surface area contributed by atoms with E-state index in [2.05, 4.69) is 46.8 Å². The van der Waals surface area contributed by atoms with Crippen molar-refractivity contribution in [2.75, 3.05) is 6.54 Å². The van der Waals surface area contributed by atoms with Crippen molar-refractivity contribution >= 4 is 22.0 Å². The summed E-state index contributed by atoms with van der Waals surface area (Å²) in [5, 5.41) is 3.28. The van der Waals surface area contributed by atoms with Gasteiger partial charge in [-0.25, -0.2) is 0 Å². The quantitative estimate of drug-likeness (QED) is 0.859. The van der Waals surface area contributed by atoms with Crippen molar-refractivity contribution in [1.29, 1.82) is 0 Å². The lowest BCUT2D eigenvalue weighted by atomic mass is 10.1. The maximum absolute atomic E-state index is 12.3. The van der Waals surface area contributed by atoms with Crippen molar-refractivity contribution in [2.24, 2.45) is 0 Å². The number of nitrogens with one attached hydrogen (secondary N) is 1. The van der Waals surface area contributed by atoms with Gasteiger partial charge >= 0.3 is 6.61 Å². The van der Waals surface area contributed by atoms with E-state index in [4.69, 9.17) is 0 Å². The Balaban J connectivity index is 2.75. The number of hydrogen-bond donors (Lipinski definition) is 1. The highest BCUT2D eigenvalue weighted by atomic mass is 79.9. The first kappa shape index (κ1) is 16.1. The van der Waals surface area contributed by atoms with Crippen LogP contribution in [0.15, 0.2) is 28.7 Å². The molecule has 0 bridgehead atoms. The third kappa shape index (κ3) is 6.68. The fourth-order valence-corrected chi connectivity index (χ4v) is 1.78. The van der Waals surface area contributed by atoms with Crippen molar-refractivity contribution in [3.8, 4) is 5.75 Å². The summed E-state index contributed by atoms with van der Waals surface area (Å²) in [4.78, 5) is 0. The minimum atomic E-state index is -2.82. The molecule has 0 unspecified atom stereocenters. The molecule has 19 heavy (non-hydrogen) atoms. The van der Waals surface area contributed by atoms with Crippen LogP contribution in [0.3, 0.4) is 0 Å². The standard InChI is InChI=1S/C14H18BrF2NO/c1-14(2,3)18-8-4-5-10-9-11(15)6-7-12(10)19-13(16)17/h4-7,9,13,18H,8H2,1-3H3. The van der Waals surface area contributed by atoms with Gasteiger partial charge < -0.3 is 10.1 Å². The largest absolute Gasteiger partial charge is 0.434 e. The normalized spacial score (nSPS) is 12.4. The zero-order valence-electron chi connectivity index (χ0n) is 11.2. The summed E-state index contributed by atoms with van der Waals surface area (Å²) in [6.45, 7) is 4.02. The Morgan fingerprint density at radius 3 is 2.63 bits per heavy atom. The van der Waals surface area contributed by atoms with E-state index in [9.17, 15) is 8.78 Å². The van der Waals surface area contributed by atoms with Gasteiger partial charge in [0.25, 0.3) is 0 Å². The van der Waals surface area contributed by atoms with E-state index in [0.717, 1.165) is 4.47 Å². The van der Waals surface area contributed by atoms with Crippen LogP contribution in [0.1, 0.15) is 26.3 Å². The van der Waals surface area contributed by atoms with Gasteiger partial charge in [0.15, 0.2) is 0 Å². The van der Waals surface area contributed by atoms with E-state index in [1.807, 2.05) is 6.08 Å². The Morgan fingerprint density at radius 1 is 1.37 bits per heavy atom. The molecule has 0 radical (unpaired) electrons. The van der Waals surface area contributed by atoms with Crippen LogP contribution >= 0.6 is 15.9 Å². The maximum atomic E-state index is 12.3. The number of alkyl halides is 2. The molecule has 0 heterocycles. The molecule has 106 valence electrons. The van der Waals surface area contributed by atoms with Gasteiger partial charge in [0.05, 0.1) is 0 Å². The molecule has 1 aromatic rings. The minimum Gasteiger partial charge on any atom is -0.434 e. The molecule has 0 saturated carbocycles. The summed E-state index contributed by atoms with van der Waals surface area (Å²) in [5.41, 5.74) is 0.634. The molecule has 0 aliphatic rings. The van der Waals surface area contributed by atoms with E-state index in [0.29, 0.717) is 12.1 Å². The molecule has 0 spiro atoms. The first-order valence-corrected chi connectivity index (χ1v) is 6.73. The van der Waals surface area contributed by atoms with Gasteiger partial charge in [0, 0.05) is 22.1 Å². The summed E-state index contributed by atoms with van der Waals surface area (Å²) in [7, 11) is 0. The Labute approximate surface area is 121 Å². The molecular weight excluding hydrogens is 316 g/mol. The molecule has 0 amide bonds. The van der Waals surface area contributed by atoms with E-state index in [1.165, 1.54) is 6.07 Å². The lowest BCUT2D eigenvalue weighted by Gasteiger charge is -2.19. The molecule has 0 aliphatic heterocycles. The van der Waals surface area contributed by atoms with Crippen molar-refractivity contribution in [3.05, 3.63) is 34.3 Å². The summed E-state index contributed by atoms with van der Waals surface area (Å²) >= 11 is 3.31. The van der Waals surface area contributed by atoms with Gasteiger partial charge in [-0.3, -0.25) is 0 Å². The van der Waals surface area contributed by atoms with Crippen LogP contribution in [-0.4, -0.2) is 18.7 Å². The second-order valence-corrected chi connectivity index (χ2v) is 6.01. The van der Waals surface area contributed by atoms with Crippen LogP contribution in [0.5, 0.6) is 5.75 Å². The molecule has 5 heteroatoms. The summed E-state index contributed by atoms with van der Waals surface area (Å²) in [5.74, 6) is 0.171. The lowest BCUT2D eigenvalue weighted by molar-refractivity contribution is -0.0499. The van der Waals surface area contributed by atoms with Gasteiger partial charge in [0.2, 0.25) is 0 Å². The van der Waals surface area contributed by atoms with Crippen molar-refractivity contribution in [1.82, 2.24) is 5.32 Å². The summed E-state index contributed by atoms with van der Waals surface area (Å²) < 4.78 is 29.8. The van der Waals surface area contributed by atoms with Crippen LogP contribution < -0.4 is 10.1 Å². The smallest absolute Gasteiger partial charge is 0.387 e. The Hall–Kier alpha value is -0.940. The number of rotatable bonds is 5. The van der Waals surface area contributed by atoms with Crippen LogP contribution in [0.25, 0.3) is 6.08 Å². The highest BCUT2D eigenvalue weighted by Gasteiger charge is 2.09. The van der Waals surface area contributed by atoms with Crippen LogP contribution in [-0.2, 0) is 0 Å². The molecule has 1 rings (SSSR count). The summed E-state index contributed by atoms with van der Waals surface area (Å²) in [6, 6.07) is 4.93. The van der Waals surface area contributed by atoms with Crippen LogP contribution in [0.2, 0.25) is 0 Å². The number of hydrogen-bond acceptors (Lipinski definition) is 2. The van der Waals surface area contributed by atoms with Crippen LogP contribution in [0.4, 0.5) is 8.78 Å². The average Bonchev–Trinajstić information content (AvgIpc) is 2.26. The third-order valence-corrected chi connectivity index (χ3v) is 2.73. The molecule has 0 saturated heterocycles. The summed E-state index contributed by atoms with van der Waals surface area (Å²) in [6.07, 6.45) is 3.65. The number of halogens is 3. The Bertz CT molecular complexity index is 442. The fourth-order valence-electron chi connectivity index (χ4n) is 1.40. The minimum absolute atomic E-state index is 0.0178. The molecule has 2 nitrogen and oxygen atoms in total. The first-order chi connectivity index (χ1) is 8.78. The molecule has 0 atom stereocenters. The first-order valence-electron chi connectivity index (χ1n) is 5.94. The SMILES string of the molecule is CC(C)(C)NCC=Cc1cc(Br)ccc1OC(F)F. The monoisotopic (exact) mass is 333 g/mol. The predicted octanol–water partition coefficient (Wildman–Crippen LogP) is 4.45. The van der Waals surface area contributed by atoms with Gasteiger partial charge in [0.1, 0.15) is 5.75 Å². The Morgan fingerprint density at radius 2 is 2.05 bits per heavy atom. The molecule has 1 N–H and O–H groups in total. The van der Waals surface area contributed by atoms with Gasteiger partial charge in [-0.05, 0) is 39.0 Å². The second-order valence-electron chi connectivity index (χ2n) is 5.09. The van der Waals surface area contributed by atoms with Crippen molar-refractivity contribution in [2.45, 2.75) is 32.9 Å². The van der Waals surface area contributed by atoms with E-state index < -0.39 is 6.61 Å². The van der Waals surface area contributed by atoms with Crippen molar-refractivity contribution in [3.63, 3.8) is 0 Å². The number of benzene rings is 1. The number of ether oxygens (including phenoxy) is 1. The van der Waals surface area contributed by atoms with Gasteiger partial charge in [-0.1, -0.05) is 28.1 Å². The topological polar surface area (TPSA) is 21.3 Å². The molecule has 0 aliphatic carbocycles. The highest BCUT2D eigenvalue weighted by molar-refractivity contribution is 9.10. The van der Waals surface area contributed by atoms with E-state index >= 15 is 0 Å². The maximum Gasteiger partial charge on any atom is 0.387 e. The van der Waals surface area contributed by atoms with Crippen molar-refractivity contribution < 1.29 is 13.5 Å². The molecule has 0 aromatic heterocycles. The molecular formula is C14H18BrF2NO. The average molecular weight is 334 g/mol. The molecule has 0 fully saturated rings. The van der Waals surface area contributed by atoms with E-state index in [-0.39, 0.29) is 11.3 Å². The third-order valence-electron chi connectivity index (χ3n) is 2.24. The van der Waals surface area contributed by atoms with Gasteiger partial charge in [-0.15, -0.1) is 0 Å².